The lowest BCUT2D eigenvalue weighted by Gasteiger charge is -2.04. The van der Waals surface area contributed by atoms with Crippen molar-refractivity contribution >= 4 is 28.4 Å². The number of benzene rings is 2. The number of aromatic nitrogens is 1. The molecule has 0 atom stereocenters. The smallest absolute Gasteiger partial charge is 0.229 e. The normalized spacial score (nSPS) is 10.8. The molecule has 0 aliphatic carbocycles. The van der Waals surface area contributed by atoms with Crippen LogP contribution in [0, 0.1) is 0 Å². The van der Waals surface area contributed by atoms with E-state index in [-0.39, 0.29) is 0 Å². The summed E-state index contributed by atoms with van der Waals surface area (Å²) in [6, 6.07) is 10.7. The molecule has 3 rings (SSSR count). The first-order chi connectivity index (χ1) is 9.17. The summed E-state index contributed by atoms with van der Waals surface area (Å²) in [5, 5.41) is 0.609. The van der Waals surface area contributed by atoms with E-state index in [1.165, 1.54) is 0 Å². The first kappa shape index (κ1) is 11.9. The van der Waals surface area contributed by atoms with Gasteiger partial charge in [-0.3, -0.25) is 0 Å². The molecule has 0 bridgehead atoms. The molecule has 0 saturated heterocycles. The van der Waals surface area contributed by atoms with E-state index in [1.807, 2.05) is 18.2 Å². The third-order valence-corrected chi connectivity index (χ3v) is 3.07. The summed E-state index contributed by atoms with van der Waals surface area (Å²) in [5.74, 6) is 1.16. The van der Waals surface area contributed by atoms with Crippen molar-refractivity contribution in [3.05, 3.63) is 41.4 Å². The van der Waals surface area contributed by atoms with Gasteiger partial charge >= 0.3 is 0 Å². The largest absolute Gasteiger partial charge is 0.497 e. The number of hydrogen-bond acceptors (Lipinski definition) is 4. The molecular formula is C14H11ClN2O2. The Kier molecular flexibility index (Phi) is 2.80. The van der Waals surface area contributed by atoms with Crippen molar-refractivity contribution in [1.29, 1.82) is 0 Å². The third-order valence-electron chi connectivity index (χ3n) is 2.84. The van der Waals surface area contributed by atoms with Gasteiger partial charge in [0.05, 0.1) is 12.7 Å². The van der Waals surface area contributed by atoms with Crippen LogP contribution in [0.15, 0.2) is 40.8 Å². The van der Waals surface area contributed by atoms with Crippen molar-refractivity contribution in [3.63, 3.8) is 0 Å². The number of anilines is 1. The Bertz CT molecular complexity index is 752. The fourth-order valence-corrected chi connectivity index (χ4v) is 2.04. The van der Waals surface area contributed by atoms with E-state index in [0.29, 0.717) is 27.9 Å². The van der Waals surface area contributed by atoms with Gasteiger partial charge in [0.2, 0.25) is 5.89 Å². The zero-order valence-electron chi connectivity index (χ0n) is 10.2. The molecule has 0 saturated carbocycles. The van der Waals surface area contributed by atoms with E-state index in [2.05, 4.69) is 4.98 Å². The fourth-order valence-electron chi connectivity index (χ4n) is 1.88. The molecule has 1 aromatic heterocycles. The molecule has 5 heteroatoms. The summed E-state index contributed by atoms with van der Waals surface area (Å²) in [7, 11) is 1.59. The number of fused-ring (bicyclic) bond motifs is 1. The molecule has 19 heavy (non-hydrogen) atoms. The van der Waals surface area contributed by atoms with Crippen LogP contribution in [0.4, 0.5) is 5.69 Å². The standard InChI is InChI=1S/C14H11ClN2O2/c1-18-9-3-4-10(11(16)7-9)14-17-12-5-2-8(15)6-13(12)19-14/h2-7H,16H2,1H3. The zero-order chi connectivity index (χ0) is 13.4. The molecule has 4 nitrogen and oxygen atoms in total. The van der Waals surface area contributed by atoms with Crippen molar-refractivity contribution in [1.82, 2.24) is 4.98 Å². The molecule has 0 unspecified atom stereocenters. The highest BCUT2D eigenvalue weighted by Gasteiger charge is 2.12. The lowest BCUT2D eigenvalue weighted by molar-refractivity contribution is 0.415. The summed E-state index contributed by atoms with van der Waals surface area (Å²) in [6.07, 6.45) is 0. The Morgan fingerprint density at radius 2 is 2.05 bits per heavy atom. The minimum Gasteiger partial charge on any atom is -0.497 e. The topological polar surface area (TPSA) is 61.3 Å². The predicted octanol–water partition coefficient (Wildman–Crippen LogP) is 3.74. The van der Waals surface area contributed by atoms with Gasteiger partial charge in [-0.05, 0) is 24.3 Å². The van der Waals surface area contributed by atoms with E-state index in [4.69, 9.17) is 26.5 Å². The van der Waals surface area contributed by atoms with Crippen LogP contribution >= 0.6 is 11.6 Å². The lowest BCUT2D eigenvalue weighted by Crippen LogP contribution is -1.92. The molecule has 96 valence electrons. The van der Waals surface area contributed by atoms with Crippen molar-refractivity contribution in [2.24, 2.45) is 0 Å². The van der Waals surface area contributed by atoms with Crippen LogP contribution in [-0.4, -0.2) is 12.1 Å². The highest BCUT2D eigenvalue weighted by Crippen LogP contribution is 2.31. The summed E-state index contributed by atoms with van der Waals surface area (Å²) < 4.78 is 10.8. The molecular weight excluding hydrogens is 264 g/mol. The fraction of sp³-hybridized carbons (Fsp3) is 0.0714. The second-order valence-electron chi connectivity index (χ2n) is 4.08. The second-order valence-corrected chi connectivity index (χ2v) is 4.52. The summed E-state index contributed by atoms with van der Waals surface area (Å²) in [5.41, 5.74) is 8.64. The number of methoxy groups -OCH3 is 1. The molecule has 0 aliphatic heterocycles. The molecule has 0 spiro atoms. The van der Waals surface area contributed by atoms with E-state index in [1.54, 1.807) is 25.3 Å². The van der Waals surface area contributed by atoms with Crippen molar-refractivity contribution < 1.29 is 9.15 Å². The molecule has 0 fully saturated rings. The summed E-state index contributed by atoms with van der Waals surface area (Å²) in [6.45, 7) is 0. The van der Waals surface area contributed by atoms with Crippen LogP contribution in [0.2, 0.25) is 5.02 Å². The maximum Gasteiger partial charge on any atom is 0.229 e. The van der Waals surface area contributed by atoms with Crippen LogP contribution < -0.4 is 10.5 Å². The maximum absolute atomic E-state index is 5.97. The Labute approximate surface area is 114 Å². The Morgan fingerprint density at radius 1 is 1.21 bits per heavy atom. The summed E-state index contributed by atoms with van der Waals surface area (Å²) in [4.78, 5) is 4.39. The Morgan fingerprint density at radius 3 is 2.79 bits per heavy atom. The minimum atomic E-state index is 0.470. The Hall–Kier alpha value is -2.20. The average Bonchev–Trinajstić information content (AvgIpc) is 2.81. The second kappa shape index (κ2) is 4.48. The number of nitrogens with zero attached hydrogens (tertiary/aromatic N) is 1. The van der Waals surface area contributed by atoms with Crippen molar-refractivity contribution in [3.8, 4) is 17.2 Å². The number of oxazole rings is 1. The van der Waals surface area contributed by atoms with Gasteiger partial charge in [-0.15, -0.1) is 0 Å². The highest BCUT2D eigenvalue weighted by atomic mass is 35.5. The van der Waals surface area contributed by atoms with Crippen LogP contribution in [0.5, 0.6) is 5.75 Å². The molecule has 0 aliphatic rings. The number of nitrogens with two attached hydrogens (primary N) is 1. The van der Waals surface area contributed by atoms with Gasteiger partial charge < -0.3 is 14.9 Å². The molecule has 3 aromatic rings. The SMILES string of the molecule is COc1ccc(-c2nc3ccc(Cl)cc3o2)c(N)c1. The van der Waals surface area contributed by atoms with Crippen molar-refractivity contribution in [2.45, 2.75) is 0 Å². The lowest BCUT2D eigenvalue weighted by atomic mass is 10.1. The zero-order valence-corrected chi connectivity index (χ0v) is 10.9. The maximum atomic E-state index is 5.97. The number of nitrogen functional groups attached to an aromatic ring is 1. The van der Waals surface area contributed by atoms with E-state index >= 15 is 0 Å². The predicted molar refractivity (Wildman–Crippen MR) is 75.4 cm³/mol. The number of ether oxygens (including phenoxy) is 1. The van der Waals surface area contributed by atoms with Crippen LogP contribution in [0.1, 0.15) is 0 Å². The van der Waals surface area contributed by atoms with Gasteiger partial charge in [0, 0.05) is 22.8 Å². The van der Waals surface area contributed by atoms with Crippen LogP contribution in [0.3, 0.4) is 0 Å². The monoisotopic (exact) mass is 274 g/mol. The molecule has 1 heterocycles. The van der Waals surface area contributed by atoms with Gasteiger partial charge in [-0.2, -0.15) is 0 Å². The first-order valence-corrected chi connectivity index (χ1v) is 6.05. The number of rotatable bonds is 2. The number of halogens is 1. The van der Waals surface area contributed by atoms with Gasteiger partial charge in [-0.25, -0.2) is 4.98 Å². The van der Waals surface area contributed by atoms with Crippen molar-refractivity contribution in [2.75, 3.05) is 12.8 Å². The van der Waals surface area contributed by atoms with E-state index < -0.39 is 0 Å². The van der Waals surface area contributed by atoms with E-state index in [0.717, 1.165) is 11.1 Å². The van der Waals surface area contributed by atoms with Gasteiger partial charge in [0.25, 0.3) is 0 Å². The van der Waals surface area contributed by atoms with E-state index in [9.17, 15) is 0 Å². The summed E-state index contributed by atoms with van der Waals surface area (Å²) >= 11 is 5.92. The van der Waals surface area contributed by atoms with Gasteiger partial charge in [0.1, 0.15) is 11.3 Å². The Balaban J connectivity index is 2.13. The third kappa shape index (κ3) is 2.11. The highest BCUT2D eigenvalue weighted by molar-refractivity contribution is 6.31. The minimum absolute atomic E-state index is 0.470. The molecule has 0 amide bonds. The van der Waals surface area contributed by atoms with Crippen LogP contribution in [0.25, 0.3) is 22.6 Å². The quantitative estimate of drug-likeness (QED) is 0.723. The molecule has 2 N–H and O–H groups in total. The molecule has 0 radical (unpaired) electrons. The number of hydrogen-bond donors (Lipinski definition) is 1. The van der Waals surface area contributed by atoms with Gasteiger partial charge in [0.15, 0.2) is 5.58 Å². The van der Waals surface area contributed by atoms with Crippen LogP contribution in [-0.2, 0) is 0 Å². The molecule has 2 aromatic carbocycles. The average molecular weight is 275 g/mol. The first-order valence-electron chi connectivity index (χ1n) is 5.67. The van der Waals surface area contributed by atoms with Gasteiger partial charge in [-0.1, -0.05) is 11.6 Å².